The first kappa shape index (κ1) is 16.6. The summed E-state index contributed by atoms with van der Waals surface area (Å²) in [5, 5.41) is 0.713. The molecule has 0 aliphatic heterocycles. The van der Waals surface area contributed by atoms with Crippen LogP contribution in [-0.4, -0.2) is 13.4 Å². The molecule has 3 aromatic carbocycles. The highest BCUT2D eigenvalue weighted by molar-refractivity contribution is 7.91. The number of H-pyrrole nitrogens is 1. The van der Waals surface area contributed by atoms with Gasteiger partial charge >= 0.3 is 0 Å². The van der Waals surface area contributed by atoms with Gasteiger partial charge in [-0.05, 0) is 55.3 Å². The number of nitrogens with one attached hydrogen (secondary N) is 1. The van der Waals surface area contributed by atoms with Gasteiger partial charge in [-0.25, -0.2) is 8.42 Å². The van der Waals surface area contributed by atoms with Crippen LogP contribution in [0.5, 0.6) is 0 Å². The lowest BCUT2D eigenvalue weighted by molar-refractivity contribution is 0.597. The highest BCUT2D eigenvalue weighted by Crippen LogP contribution is 2.32. The summed E-state index contributed by atoms with van der Waals surface area (Å²) in [7, 11) is -3.58. The summed E-state index contributed by atoms with van der Waals surface area (Å²) in [6, 6.07) is 22.5. The molecule has 0 saturated heterocycles. The minimum absolute atomic E-state index is 0.322. The second-order valence-corrected chi connectivity index (χ2v) is 8.50. The molecule has 0 aliphatic carbocycles. The lowest BCUT2D eigenvalue weighted by atomic mass is 10.1. The number of aromatic amines is 1. The number of sulfone groups is 1. The van der Waals surface area contributed by atoms with Gasteiger partial charge in [0, 0.05) is 16.6 Å². The first-order valence-electron chi connectivity index (χ1n) is 8.46. The molecule has 0 radical (unpaired) electrons. The lowest BCUT2D eigenvalue weighted by Gasteiger charge is -2.06. The van der Waals surface area contributed by atoms with Crippen LogP contribution >= 0.6 is 0 Å². The molecule has 0 unspecified atom stereocenters. The van der Waals surface area contributed by atoms with E-state index < -0.39 is 9.84 Å². The van der Waals surface area contributed by atoms with Crippen LogP contribution in [0.15, 0.2) is 82.6 Å². The van der Waals surface area contributed by atoms with Gasteiger partial charge in [0.05, 0.1) is 9.79 Å². The Kier molecular flexibility index (Phi) is 3.93. The number of aromatic nitrogens is 1. The molecule has 3 nitrogen and oxygen atoms in total. The number of fused-ring (bicyclic) bond motifs is 1. The fraction of sp³-hybridized carbons (Fsp3) is 0.0909. The lowest BCUT2D eigenvalue weighted by Crippen LogP contribution is -2.02. The third-order valence-corrected chi connectivity index (χ3v) is 6.39. The number of rotatable bonds is 3. The third kappa shape index (κ3) is 2.82. The molecule has 4 heteroatoms. The maximum atomic E-state index is 13.2. The largest absolute Gasteiger partial charge is 0.354 e. The zero-order chi connectivity index (χ0) is 18.3. The van der Waals surface area contributed by atoms with Crippen molar-refractivity contribution in [3.05, 3.63) is 83.9 Å². The number of aryl methyl sites for hydroxylation is 2. The summed E-state index contributed by atoms with van der Waals surface area (Å²) in [4.78, 5) is 3.99. The average molecular weight is 361 g/mol. The summed E-state index contributed by atoms with van der Waals surface area (Å²) in [6.45, 7) is 3.94. The van der Waals surface area contributed by atoms with Crippen LogP contribution in [0.2, 0.25) is 0 Å². The molecule has 4 rings (SSSR count). The smallest absolute Gasteiger partial charge is 0.207 e. The second-order valence-electron chi connectivity index (χ2n) is 6.59. The standard InChI is InChI=1S/C22H19NO2S/c1-15-9-11-17(12-10-15)21-14-19-20(23-21)7-4-8-22(19)26(24,25)18-6-3-5-16(2)13-18/h3-14,23H,1-2H3. The van der Waals surface area contributed by atoms with Crippen LogP contribution < -0.4 is 0 Å². The molecule has 4 aromatic rings. The molecule has 0 saturated carbocycles. The first-order valence-corrected chi connectivity index (χ1v) is 9.94. The summed E-state index contributed by atoms with van der Waals surface area (Å²) in [5.41, 5.74) is 4.87. The van der Waals surface area contributed by atoms with E-state index in [1.165, 1.54) is 5.56 Å². The topological polar surface area (TPSA) is 49.9 Å². The van der Waals surface area contributed by atoms with E-state index in [0.717, 1.165) is 22.3 Å². The maximum Gasteiger partial charge on any atom is 0.207 e. The molecule has 1 aromatic heterocycles. The van der Waals surface area contributed by atoms with Gasteiger partial charge in [-0.3, -0.25) is 0 Å². The zero-order valence-corrected chi connectivity index (χ0v) is 15.5. The molecule has 0 fully saturated rings. The molecule has 26 heavy (non-hydrogen) atoms. The minimum Gasteiger partial charge on any atom is -0.354 e. The van der Waals surface area contributed by atoms with Crippen LogP contribution in [0, 0.1) is 13.8 Å². The van der Waals surface area contributed by atoms with Crippen molar-refractivity contribution in [2.24, 2.45) is 0 Å². The van der Waals surface area contributed by atoms with Crippen LogP contribution in [0.1, 0.15) is 11.1 Å². The zero-order valence-electron chi connectivity index (χ0n) is 14.7. The second kappa shape index (κ2) is 6.15. The predicted octanol–water partition coefficient (Wildman–Crippen LogP) is 5.28. The van der Waals surface area contributed by atoms with Crippen LogP contribution in [0.25, 0.3) is 22.2 Å². The Morgan fingerprint density at radius 2 is 1.50 bits per heavy atom. The van der Waals surface area contributed by atoms with Crippen molar-refractivity contribution >= 4 is 20.7 Å². The number of hydrogen-bond donors (Lipinski definition) is 1. The van der Waals surface area contributed by atoms with Crippen molar-refractivity contribution in [1.29, 1.82) is 0 Å². The van der Waals surface area contributed by atoms with E-state index in [9.17, 15) is 8.42 Å². The Bertz CT molecular complexity index is 1200. The Labute approximate surface area is 153 Å². The number of hydrogen-bond acceptors (Lipinski definition) is 2. The molecule has 0 bridgehead atoms. The van der Waals surface area contributed by atoms with Crippen molar-refractivity contribution in [1.82, 2.24) is 4.98 Å². The van der Waals surface area contributed by atoms with Gasteiger partial charge in [-0.1, -0.05) is 48.0 Å². The van der Waals surface area contributed by atoms with Crippen LogP contribution in [0.4, 0.5) is 0 Å². The summed E-state index contributed by atoms with van der Waals surface area (Å²) in [6.07, 6.45) is 0. The molecular weight excluding hydrogens is 342 g/mol. The fourth-order valence-electron chi connectivity index (χ4n) is 3.16. The van der Waals surface area contributed by atoms with Gasteiger partial charge in [-0.15, -0.1) is 0 Å². The Hall–Kier alpha value is -2.85. The van der Waals surface area contributed by atoms with Gasteiger partial charge in [0.25, 0.3) is 0 Å². The molecule has 0 spiro atoms. The molecule has 1 heterocycles. The third-order valence-electron chi connectivity index (χ3n) is 4.58. The van der Waals surface area contributed by atoms with E-state index in [-0.39, 0.29) is 0 Å². The van der Waals surface area contributed by atoms with Crippen LogP contribution in [0.3, 0.4) is 0 Å². The van der Waals surface area contributed by atoms with Gasteiger partial charge < -0.3 is 4.98 Å². The van der Waals surface area contributed by atoms with E-state index in [1.54, 1.807) is 30.3 Å². The van der Waals surface area contributed by atoms with E-state index in [0.29, 0.717) is 15.2 Å². The highest BCUT2D eigenvalue weighted by atomic mass is 32.2. The average Bonchev–Trinajstić information content (AvgIpc) is 3.06. The Morgan fingerprint density at radius 1 is 0.769 bits per heavy atom. The first-order chi connectivity index (χ1) is 12.4. The summed E-state index contributed by atoms with van der Waals surface area (Å²) in [5.74, 6) is 0. The SMILES string of the molecule is Cc1ccc(-c2cc3c(S(=O)(=O)c4cccc(C)c4)cccc3[nH]2)cc1. The Morgan fingerprint density at radius 3 is 2.23 bits per heavy atom. The normalized spacial score (nSPS) is 11.8. The summed E-state index contributed by atoms with van der Waals surface area (Å²) < 4.78 is 26.4. The molecule has 0 aliphatic rings. The maximum absolute atomic E-state index is 13.2. The molecule has 0 amide bonds. The van der Waals surface area contributed by atoms with Gasteiger partial charge in [0.2, 0.25) is 9.84 Å². The van der Waals surface area contributed by atoms with E-state index >= 15 is 0 Å². The van der Waals surface area contributed by atoms with Gasteiger partial charge in [-0.2, -0.15) is 0 Å². The highest BCUT2D eigenvalue weighted by Gasteiger charge is 2.21. The molecular formula is C22H19NO2S. The van der Waals surface area contributed by atoms with Crippen molar-refractivity contribution in [2.45, 2.75) is 23.6 Å². The van der Waals surface area contributed by atoms with E-state index in [2.05, 4.69) is 4.98 Å². The van der Waals surface area contributed by atoms with Crippen molar-refractivity contribution < 1.29 is 8.42 Å². The monoisotopic (exact) mass is 361 g/mol. The van der Waals surface area contributed by atoms with Crippen molar-refractivity contribution in [2.75, 3.05) is 0 Å². The summed E-state index contributed by atoms with van der Waals surface area (Å²) >= 11 is 0. The van der Waals surface area contributed by atoms with Crippen LogP contribution in [-0.2, 0) is 9.84 Å². The fourth-order valence-corrected chi connectivity index (χ4v) is 4.73. The van der Waals surface area contributed by atoms with E-state index in [1.807, 2.05) is 56.3 Å². The van der Waals surface area contributed by atoms with Gasteiger partial charge in [0.15, 0.2) is 0 Å². The van der Waals surface area contributed by atoms with Crippen molar-refractivity contribution in [3.8, 4) is 11.3 Å². The van der Waals surface area contributed by atoms with Gasteiger partial charge in [0.1, 0.15) is 0 Å². The molecule has 1 N–H and O–H groups in total. The molecule has 130 valence electrons. The predicted molar refractivity (Wildman–Crippen MR) is 105 cm³/mol. The van der Waals surface area contributed by atoms with E-state index in [4.69, 9.17) is 0 Å². The van der Waals surface area contributed by atoms with Crippen molar-refractivity contribution in [3.63, 3.8) is 0 Å². The minimum atomic E-state index is -3.58. The Balaban J connectivity index is 1.90. The number of benzene rings is 3. The quantitative estimate of drug-likeness (QED) is 0.539. The molecule has 0 atom stereocenters.